The van der Waals surface area contributed by atoms with E-state index in [0.717, 1.165) is 18.9 Å². The van der Waals surface area contributed by atoms with Crippen LogP contribution in [-0.4, -0.2) is 67.1 Å². The van der Waals surface area contributed by atoms with Crippen LogP contribution in [0, 0.1) is 6.92 Å². The van der Waals surface area contributed by atoms with Gasteiger partial charge in [0.1, 0.15) is 5.82 Å². The Morgan fingerprint density at radius 1 is 1.14 bits per heavy atom. The lowest BCUT2D eigenvalue weighted by atomic mass is 9.90. The molecule has 2 N–H and O–H groups in total. The molecule has 3 aliphatic rings. The van der Waals surface area contributed by atoms with Gasteiger partial charge in [-0.1, -0.05) is 18.2 Å². The van der Waals surface area contributed by atoms with E-state index in [-0.39, 0.29) is 12.5 Å². The standard InChI is InChI=1S/C26H31N5O4/c1-3-35-16-26(24(33)28-25(34)29-26)21-8-6-19(7-9-21)23(32)31-12-10-30(11-13-31)22-17(2)14-20(15-27-22)18-4-5-18/h6-9,14-15,18H,3-5,10-13,16H2,1-2H3,(H2,28,29,33,34). The van der Waals surface area contributed by atoms with Crippen molar-refractivity contribution >= 4 is 23.7 Å². The first-order valence-electron chi connectivity index (χ1n) is 12.2. The monoisotopic (exact) mass is 477 g/mol. The molecule has 35 heavy (non-hydrogen) atoms. The highest BCUT2D eigenvalue weighted by atomic mass is 16.5. The minimum absolute atomic E-state index is 0.0193. The van der Waals surface area contributed by atoms with Gasteiger partial charge in [0.15, 0.2) is 5.54 Å². The van der Waals surface area contributed by atoms with E-state index in [1.807, 2.05) is 18.0 Å². The minimum Gasteiger partial charge on any atom is -0.378 e. The summed E-state index contributed by atoms with van der Waals surface area (Å²) in [6.07, 6.45) is 4.53. The van der Waals surface area contributed by atoms with Crippen molar-refractivity contribution in [2.75, 3.05) is 44.3 Å². The van der Waals surface area contributed by atoms with Crippen molar-refractivity contribution in [2.45, 2.75) is 38.1 Å². The SMILES string of the molecule is CCOCC1(c2ccc(C(=O)N3CCN(c4ncc(C5CC5)cc4C)CC3)cc2)NC(=O)NC1=O. The molecule has 0 radical (unpaired) electrons. The van der Waals surface area contributed by atoms with E-state index in [9.17, 15) is 14.4 Å². The quantitative estimate of drug-likeness (QED) is 0.593. The van der Waals surface area contributed by atoms with Crippen LogP contribution in [0.2, 0.25) is 0 Å². The summed E-state index contributed by atoms with van der Waals surface area (Å²) in [5, 5.41) is 4.97. The molecule has 1 aromatic heterocycles. The fourth-order valence-corrected chi connectivity index (χ4v) is 4.90. The number of nitrogens with zero attached hydrogens (tertiary/aromatic N) is 3. The van der Waals surface area contributed by atoms with Gasteiger partial charge in [-0.3, -0.25) is 14.9 Å². The summed E-state index contributed by atoms with van der Waals surface area (Å²) in [5.41, 5.74) is 2.35. The summed E-state index contributed by atoms with van der Waals surface area (Å²) in [4.78, 5) is 46.3. The molecule has 9 nitrogen and oxygen atoms in total. The number of benzene rings is 1. The fourth-order valence-electron chi connectivity index (χ4n) is 4.90. The van der Waals surface area contributed by atoms with Gasteiger partial charge in [-0.15, -0.1) is 0 Å². The molecular weight excluding hydrogens is 446 g/mol. The van der Waals surface area contributed by atoms with Crippen LogP contribution in [0.5, 0.6) is 0 Å². The molecule has 3 heterocycles. The van der Waals surface area contributed by atoms with E-state index in [1.54, 1.807) is 24.3 Å². The Morgan fingerprint density at radius 3 is 2.43 bits per heavy atom. The number of nitrogens with one attached hydrogen (secondary N) is 2. The molecule has 1 aliphatic carbocycles. The fraction of sp³-hybridized carbons (Fsp3) is 0.462. The molecule has 184 valence electrons. The third kappa shape index (κ3) is 4.48. The first-order valence-corrected chi connectivity index (χ1v) is 12.2. The zero-order valence-electron chi connectivity index (χ0n) is 20.2. The van der Waals surface area contributed by atoms with Gasteiger partial charge in [-0.05, 0) is 61.4 Å². The number of hydrogen-bond acceptors (Lipinski definition) is 6. The molecule has 1 aromatic carbocycles. The molecule has 1 unspecified atom stereocenters. The Labute approximate surface area is 204 Å². The molecular formula is C26H31N5O4. The number of aryl methyl sites for hydroxylation is 1. The summed E-state index contributed by atoms with van der Waals surface area (Å²) in [6, 6.07) is 8.53. The average molecular weight is 478 g/mol. The van der Waals surface area contributed by atoms with Gasteiger partial charge in [-0.25, -0.2) is 9.78 Å². The van der Waals surface area contributed by atoms with Crippen molar-refractivity contribution in [3.63, 3.8) is 0 Å². The van der Waals surface area contributed by atoms with Gasteiger partial charge in [0.25, 0.3) is 11.8 Å². The van der Waals surface area contributed by atoms with Gasteiger partial charge in [-0.2, -0.15) is 0 Å². The first kappa shape index (κ1) is 23.3. The number of pyridine rings is 1. The van der Waals surface area contributed by atoms with Gasteiger partial charge in [0, 0.05) is 44.5 Å². The number of piperazine rings is 1. The molecule has 4 amide bonds. The summed E-state index contributed by atoms with van der Waals surface area (Å²) in [5.74, 6) is 1.18. The molecule has 5 rings (SSSR count). The van der Waals surface area contributed by atoms with E-state index in [4.69, 9.17) is 9.72 Å². The van der Waals surface area contributed by atoms with Crippen molar-refractivity contribution < 1.29 is 19.1 Å². The second kappa shape index (κ2) is 9.30. The second-order valence-electron chi connectivity index (χ2n) is 9.49. The van der Waals surface area contributed by atoms with Crippen LogP contribution in [0.4, 0.5) is 10.6 Å². The number of urea groups is 1. The smallest absolute Gasteiger partial charge is 0.322 e. The summed E-state index contributed by atoms with van der Waals surface area (Å²) >= 11 is 0. The molecule has 1 atom stereocenters. The van der Waals surface area contributed by atoms with Crippen molar-refractivity contribution in [3.8, 4) is 0 Å². The highest BCUT2D eigenvalue weighted by Gasteiger charge is 2.48. The Hall–Kier alpha value is -3.46. The maximum absolute atomic E-state index is 13.2. The lowest BCUT2D eigenvalue weighted by molar-refractivity contribution is -0.126. The van der Waals surface area contributed by atoms with E-state index in [1.165, 1.54) is 24.0 Å². The largest absolute Gasteiger partial charge is 0.378 e. The van der Waals surface area contributed by atoms with Crippen LogP contribution in [-0.2, 0) is 15.1 Å². The lowest BCUT2D eigenvalue weighted by Crippen LogP contribution is -2.49. The molecule has 2 aliphatic heterocycles. The third-order valence-electron chi connectivity index (χ3n) is 7.08. The van der Waals surface area contributed by atoms with Gasteiger partial charge in [0.2, 0.25) is 0 Å². The van der Waals surface area contributed by atoms with Gasteiger partial charge < -0.3 is 19.9 Å². The molecule has 0 bridgehead atoms. The van der Waals surface area contributed by atoms with Crippen LogP contribution in [0.25, 0.3) is 0 Å². The second-order valence-corrected chi connectivity index (χ2v) is 9.49. The van der Waals surface area contributed by atoms with Crippen LogP contribution >= 0.6 is 0 Å². The van der Waals surface area contributed by atoms with Crippen LogP contribution < -0.4 is 15.5 Å². The van der Waals surface area contributed by atoms with Crippen molar-refractivity contribution in [3.05, 3.63) is 58.8 Å². The normalized spacial score (nSPS) is 22.2. The number of hydrogen-bond donors (Lipinski definition) is 2. The predicted octanol–water partition coefficient (Wildman–Crippen LogP) is 2.30. The molecule has 0 spiro atoms. The van der Waals surface area contributed by atoms with Crippen LogP contribution in [0.1, 0.15) is 52.7 Å². The maximum atomic E-state index is 13.2. The zero-order chi connectivity index (χ0) is 24.6. The number of carbonyl (C=O) groups is 3. The Kier molecular flexibility index (Phi) is 6.19. The molecule has 3 fully saturated rings. The van der Waals surface area contributed by atoms with Crippen molar-refractivity contribution in [1.82, 2.24) is 20.5 Å². The van der Waals surface area contributed by atoms with E-state index >= 15 is 0 Å². The van der Waals surface area contributed by atoms with Crippen LogP contribution in [0.3, 0.4) is 0 Å². The van der Waals surface area contributed by atoms with E-state index in [0.29, 0.717) is 36.7 Å². The number of rotatable bonds is 7. The molecule has 1 saturated carbocycles. The number of ether oxygens (including phenoxy) is 1. The van der Waals surface area contributed by atoms with Gasteiger partial charge in [0.05, 0.1) is 6.61 Å². The zero-order valence-corrected chi connectivity index (χ0v) is 20.2. The van der Waals surface area contributed by atoms with Gasteiger partial charge >= 0.3 is 6.03 Å². The summed E-state index contributed by atoms with van der Waals surface area (Å²) in [7, 11) is 0. The lowest BCUT2D eigenvalue weighted by Gasteiger charge is -2.36. The molecule has 2 aromatic rings. The van der Waals surface area contributed by atoms with Crippen molar-refractivity contribution in [2.24, 2.45) is 0 Å². The first-order chi connectivity index (χ1) is 16.9. The highest BCUT2D eigenvalue weighted by Crippen LogP contribution is 2.40. The number of amides is 4. The topological polar surface area (TPSA) is 104 Å². The molecule has 2 saturated heterocycles. The number of carbonyl (C=O) groups excluding carboxylic acids is 3. The Bertz CT molecular complexity index is 1140. The van der Waals surface area contributed by atoms with E-state index < -0.39 is 17.5 Å². The predicted molar refractivity (Wildman–Crippen MR) is 130 cm³/mol. The summed E-state index contributed by atoms with van der Waals surface area (Å²) in [6.45, 7) is 7.04. The third-order valence-corrected chi connectivity index (χ3v) is 7.08. The highest BCUT2D eigenvalue weighted by molar-refractivity contribution is 6.07. The van der Waals surface area contributed by atoms with Crippen molar-refractivity contribution in [1.29, 1.82) is 0 Å². The minimum atomic E-state index is -1.29. The number of imide groups is 1. The number of aromatic nitrogens is 1. The maximum Gasteiger partial charge on any atom is 0.322 e. The molecule has 9 heteroatoms. The van der Waals surface area contributed by atoms with E-state index in [2.05, 4.69) is 28.5 Å². The van der Waals surface area contributed by atoms with Crippen LogP contribution in [0.15, 0.2) is 36.5 Å². The Balaban J connectivity index is 1.24. The number of anilines is 1. The Morgan fingerprint density at radius 2 is 1.86 bits per heavy atom. The summed E-state index contributed by atoms with van der Waals surface area (Å²) < 4.78 is 5.48. The average Bonchev–Trinajstić information content (AvgIpc) is 3.67.